The molecule has 25 heavy (non-hydrogen) atoms. The van der Waals surface area contributed by atoms with E-state index in [4.69, 9.17) is 10.9 Å². The van der Waals surface area contributed by atoms with Crippen molar-refractivity contribution in [1.29, 1.82) is 0 Å². The fraction of sp³-hybridized carbons (Fsp3) is 0.0667. The minimum Gasteiger partial charge on any atom is -0.398 e. The molecular formula is C15H16N6O2S2. The Balaban J connectivity index is 1.75. The molecule has 130 valence electrons. The molecule has 0 unspecified atom stereocenters. The lowest BCUT2D eigenvalue weighted by atomic mass is 10.1. The van der Waals surface area contributed by atoms with Crippen LogP contribution in [-0.2, 0) is 16.6 Å². The first-order valence-electron chi connectivity index (χ1n) is 7.20. The van der Waals surface area contributed by atoms with Gasteiger partial charge in [0.25, 0.3) is 10.0 Å². The Kier molecular flexibility index (Phi) is 5.04. The van der Waals surface area contributed by atoms with E-state index in [1.54, 1.807) is 48.0 Å². The Morgan fingerprint density at radius 1 is 1.28 bits per heavy atom. The molecule has 1 aromatic carbocycles. The van der Waals surface area contributed by atoms with Crippen LogP contribution in [0.2, 0.25) is 0 Å². The largest absolute Gasteiger partial charge is 0.398 e. The lowest BCUT2D eigenvalue weighted by Crippen LogP contribution is -2.23. The summed E-state index contributed by atoms with van der Waals surface area (Å²) >= 11 is 1.03. The van der Waals surface area contributed by atoms with E-state index < -0.39 is 10.0 Å². The molecule has 0 atom stereocenters. The number of benzene rings is 1. The van der Waals surface area contributed by atoms with Crippen LogP contribution in [0.4, 0.5) is 0 Å². The average Bonchev–Trinajstić information content (AvgIpc) is 3.06. The van der Waals surface area contributed by atoms with Crippen molar-refractivity contribution in [1.82, 2.24) is 19.9 Å². The van der Waals surface area contributed by atoms with Crippen LogP contribution in [0.15, 0.2) is 53.0 Å². The van der Waals surface area contributed by atoms with E-state index in [0.717, 1.165) is 23.1 Å². The summed E-state index contributed by atoms with van der Waals surface area (Å²) in [5.41, 5.74) is 8.36. The zero-order valence-electron chi connectivity index (χ0n) is 13.0. The number of rotatable bonds is 6. The molecule has 0 radical (unpaired) electrons. The van der Waals surface area contributed by atoms with Gasteiger partial charge in [0.05, 0.1) is 5.39 Å². The van der Waals surface area contributed by atoms with Gasteiger partial charge in [-0.05, 0) is 23.3 Å². The summed E-state index contributed by atoms with van der Waals surface area (Å²) in [6.07, 6.45) is 1.55. The number of hydrogen-bond donors (Lipinski definition) is 4. The summed E-state index contributed by atoms with van der Waals surface area (Å²) in [5.74, 6) is 0. The molecule has 8 nitrogen and oxygen atoms in total. The molecule has 2 heterocycles. The Morgan fingerprint density at radius 2 is 2.04 bits per heavy atom. The molecule has 2 aromatic heterocycles. The van der Waals surface area contributed by atoms with E-state index in [0.29, 0.717) is 16.7 Å². The Labute approximate surface area is 148 Å². The van der Waals surface area contributed by atoms with Gasteiger partial charge in [0.1, 0.15) is 0 Å². The number of fused-ring (bicyclic) bond motifs is 1. The van der Waals surface area contributed by atoms with Crippen LogP contribution in [0.1, 0.15) is 11.1 Å². The number of nitrogens with zero attached hydrogens (tertiary/aromatic N) is 2. The van der Waals surface area contributed by atoms with Crippen molar-refractivity contribution in [2.24, 2.45) is 10.9 Å². The van der Waals surface area contributed by atoms with Crippen LogP contribution in [0.5, 0.6) is 0 Å². The lowest BCUT2D eigenvalue weighted by molar-refractivity contribution is 0.578. The first-order valence-corrected chi connectivity index (χ1v) is 9.63. The van der Waals surface area contributed by atoms with E-state index in [1.807, 2.05) is 0 Å². The topological polar surface area (TPSA) is 140 Å². The molecule has 0 aliphatic rings. The Hall–Kier alpha value is -2.40. The predicted molar refractivity (Wildman–Crippen MR) is 98.3 cm³/mol. The van der Waals surface area contributed by atoms with Crippen LogP contribution in [-0.4, -0.2) is 23.6 Å². The maximum absolute atomic E-state index is 12.5. The van der Waals surface area contributed by atoms with E-state index in [-0.39, 0.29) is 11.6 Å². The fourth-order valence-electron chi connectivity index (χ4n) is 2.24. The highest BCUT2D eigenvalue weighted by Crippen LogP contribution is 2.18. The van der Waals surface area contributed by atoms with Gasteiger partial charge in [-0.2, -0.15) is 5.10 Å². The van der Waals surface area contributed by atoms with Gasteiger partial charge in [-0.15, -0.1) is 0 Å². The van der Waals surface area contributed by atoms with Crippen LogP contribution in [0.3, 0.4) is 0 Å². The van der Waals surface area contributed by atoms with Crippen LogP contribution in [0.25, 0.3) is 16.7 Å². The fourth-order valence-corrected chi connectivity index (χ4v) is 3.64. The molecule has 0 fully saturated rings. The minimum absolute atomic E-state index is 0.000585. The summed E-state index contributed by atoms with van der Waals surface area (Å²) in [7, 11) is -3.74. The van der Waals surface area contributed by atoms with Gasteiger partial charge in [-0.3, -0.25) is 10.2 Å². The summed E-state index contributed by atoms with van der Waals surface area (Å²) < 4.78 is 27.5. The van der Waals surface area contributed by atoms with Crippen LogP contribution in [0, 0.1) is 0 Å². The van der Waals surface area contributed by atoms with Crippen molar-refractivity contribution in [2.45, 2.75) is 11.6 Å². The number of hydrogen-bond acceptors (Lipinski definition) is 7. The van der Waals surface area contributed by atoms with E-state index in [2.05, 4.69) is 19.9 Å². The van der Waals surface area contributed by atoms with Crippen LogP contribution >= 0.6 is 11.9 Å². The van der Waals surface area contributed by atoms with Crippen molar-refractivity contribution >= 4 is 38.7 Å². The predicted octanol–water partition coefficient (Wildman–Crippen LogP) is 1.30. The molecule has 6 N–H and O–H groups in total. The zero-order chi connectivity index (χ0) is 17.9. The number of H-pyrrole nitrogens is 1. The third-order valence-electron chi connectivity index (χ3n) is 3.51. The maximum atomic E-state index is 12.5. The first kappa shape index (κ1) is 17.4. The minimum atomic E-state index is -3.74. The molecule has 0 spiro atoms. The highest BCUT2D eigenvalue weighted by Gasteiger charge is 2.20. The summed E-state index contributed by atoms with van der Waals surface area (Å²) in [4.78, 5) is 4.01. The van der Waals surface area contributed by atoms with Crippen molar-refractivity contribution < 1.29 is 8.42 Å². The number of pyridine rings is 1. The van der Waals surface area contributed by atoms with Gasteiger partial charge in [-0.25, -0.2) is 18.1 Å². The highest BCUT2D eigenvalue weighted by molar-refractivity contribution is 8.00. The Bertz CT molecular complexity index is 1010. The maximum Gasteiger partial charge on any atom is 0.258 e. The monoisotopic (exact) mass is 376 g/mol. The number of nitrogens with one attached hydrogen (secondary N) is 2. The number of nitrogens with two attached hydrogens (primary N) is 2. The second-order valence-electron chi connectivity index (χ2n) is 5.16. The second-order valence-corrected chi connectivity index (χ2v) is 7.37. The lowest BCUT2D eigenvalue weighted by Gasteiger charge is -2.07. The van der Waals surface area contributed by atoms with Gasteiger partial charge < -0.3 is 5.73 Å². The quantitative estimate of drug-likeness (QED) is 0.475. The molecule has 10 heteroatoms. The highest BCUT2D eigenvalue weighted by atomic mass is 32.2. The normalized spacial score (nSPS) is 12.6. The van der Waals surface area contributed by atoms with Crippen molar-refractivity contribution in [3.8, 4) is 0 Å². The standard InChI is InChI=1S/C15H16N6O2S2/c16-13(9-24-17)11-5-3-10(4-6-11)8-19-25(22,23)15-12-2-1-7-18-14(12)20-21-15/h1-7,9,19H,8,16-17H2,(H,18,20,21)/b13-9-. The van der Waals surface area contributed by atoms with Gasteiger partial charge >= 0.3 is 0 Å². The second kappa shape index (κ2) is 7.23. The molecule has 0 aliphatic carbocycles. The molecule has 3 rings (SSSR count). The third-order valence-corrected chi connectivity index (χ3v) is 5.28. The van der Waals surface area contributed by atoms with Crippen LogP contribution < -0.4 is 15.6 Å². The molecule has 3 aromatic rings. The molecule has 0 amide bonds. The Morgan fingerprint density at radius 3 is 2.76 bits per heavy atom. The smallest absolute Gasteiger partial charge is 0.258 e. The molecule has 0 aliphatic heterocycles. The van der Waals surface area contributed by atoms with Crippen molar-refractivity contribution in [3.63, 3.8) is 0 Å². The number of sulfonamides is 1. The number of aromatic nitrogens is 3. The molecule has 0 saturated carbocycles. The molecule has 0 saturated heterocycles. The summed E-state index contributed by atoms with van der Waals surface area (Å²) in [6.45, 7) is 0.138. The van der Waals surface area contributed by atoms with E-state index in [1.165, 1.54) is 0 Å². The molecule has 0 bridgehead atoms. The van der Waals surface area contributed by atoms with Crippen molar-refractivity contribution in [3.05, 3.63) is 59.1 Å². The van der Waals surface area contributed by atoms with Gasteiger partial charge in [-0.1, -0.05) is 36.2 Å². The van der Waals surface area contributed by atoms with Gasteiger partial charge in [0, 0.05) is 23.8 Å². The SMILES string of the molecule is NS/C=C(\N)c1ccc(CNS(=O)(=O)c2[nH]nc3ncccc23)cc1. The molecular weight excluding hydrogens is 360 g/mol. The van der Waals surface area contributed by atoms with Gasteiger partial charge in [0.15, 0.2) is 10.7 Å². The summed E-state index contributed by atoms with van der Waals surface area (Å²) in [6, 6.07) is 10.5. The average molecular weight is 376 g/mol. The summed E-state index contributed by atoms with van der Waals surface area (Å²) in [5, 5.41) is 13.9. The van der Waals surface area contributed by atoms with E-state index >= 15 is 0 Å². The third kappa shape index (κ3) is 3.82. The number of aromatic amines is 1. The first-order chi connectivity index (χ1) is 12.0. The van der Waals surface area contributed by atoms with E-state index in [9.17, 15) is 8.42 Å². The zero-order valence-corrected chi connectivity index (χ0v) is 14.6. The van der Waals surface area contributed by atoms with Gasteiger partial charge in [0.2, 0.25) is 0 Å². The van der Waals surface area contributed by atoms with Crippen molar-refractivity contribution in [2.75, 3.05) is 0 Å².